The number of methoxy groups -OCH3 is 1. The summed E-state index contributed by atoms with van der Waals surface area (Å²) >= 11 is 0. The molecule has 0 heterocycles. The molecule has 2 aliphatic carbocycles. The zero-order valence-corrected chi connectivity index (χ0v) is 12.0. The van der Waals surface area contributed by atoms with Crippen molar-refractivity contribution in [2.45, 2.75) is 62.5 Å². The van der Waals surface area contributed by atoms with E-state index in [1.54, 1.807) is 0 Å². The lowest BCUT2D eigenvalue weighted by Crippen LogP contribution is -2.38. The quantitative estimate of drug-likeness (QED) is 0.898. The molecule has 1 aromatic carbocycles. The molecule has 0 unspecified atom stereocenters. The SMILES string of the molecule is COC1(Cc2cccc(C3(N)CCCCC3)c2)CC1. The molecule has 0 spiro atoms. The van der Waals surface area contributed by atoms with Gasteiger partial charge in [-0.05, 0) is 36.8 Å². The first-order chi connectivity index (χ1) is 9.16. The van der Waals surface area contributed by atoms with E-state index in [4.69, 9.17) is 10.5 Å². The van der Waals surface area contributed by atoms with Crippen molar-refractivity contribution < 1.29 is 4.74 Å². The minimum absolute atomic E-state index is 0.0853. The van der Waals surface area contributed by atoms with Gasteiger partial charge < -0.3 is 10.5 Å². The summed E-state index contributed by atoms with van der Waals surface area (Å²) in [5.74, 6) is 0. The fourth-order valence-corrected chi connectivity index (χ4v) is 3.43. The second-order valence-corrected chi connectivity index (χ2v) is 6.48. The van der Waals surface area contributed by atoms with Crippen LogP contribution in [0.5, 0.6) is 0 Å². The van der Waals surface area contributed by atoms with E-state index in [9.17, 15) is 0 Å². The Hall–Kier alpha value is -0.860. The highest BCUT2D eigenvalue weighted by molar-refractivity contribution is 5.31. The van der Waals surface area contributed by atoms with E-state index in [0.29, 0.717) is 0 Å². The van der Waals surface area contributed by atoms with Crippen molar-refractivity contribution >= 4 is 0 Å². The van der Waals surface area contributed by atoms with Crippen LogP contribution >= 0.6 is 0 Å². The molecule has 3 rings (SSSR count). The molecule has 0 aromatic heterocycles. The highest BCUT2D eigenvalue weighted by Gasteiger charge is 2.43. The monoisotopic (exact) mass is 259 g/mol. The second kappa shape index (κ2) is 4.92. The van der Waals surface area contributed by atoms with Crippen LogP contribution in [0.4, 0.5) is 0 Å². The summed E-state index contributed by atoms with van der Waals surface area (Å²) in [5, 5.41) is 0. The zero-order valence-electron chi connectivity index (χ0n) is 12.0. The van der Waals surface area contributed by atoms with Crippen molar-refractivity contribution in [3.05, 3.63) is 35.4 Å². The summed E-state index contributed by atoms with van der Waals surface area (Å²) in [6.07, 6.45) is 9.56. The summed E-state index contributed by atoms with van der Waals surface area (Å²) < 4.78 is 5.63. The number of hydrogen-bond acceptors (Lipinski definition) is 2. The van der Waals surface area contributed by atoms with Crippen LogP contribution in [0.25, 0.3) is 0 Å². The van der Waals surface area contributed by atoms with E-state index in [2.05, 4.69) is 24.3 Å². The third-order valence-corrected chi connectivity index (χ3v) is 5.01. The molecule has 104 valence electrons. The van der Waals surface area contributed by atoms with Crippen LogP contribution in [-0.2, 0) is 16.7 Å². The minimum Gasteiger partial charge on any atom is -0.378 e. The lowest BCUT2D eigenvalue weighted by atomic mass is 9.77. The van der Waals surface area contributed by atoms with E-state index in [1.807, 2.05) is 7.11 Å². The van der Waals surface area contributed by atoms with Crippen LogP contribution in [0.15, 0.2) is 24.3 Å². The standard InChI is InChI=1S/C17H25NO/c1-19-16(10-11-16)13-14-6-5-7-15(12-14)17(18)8-3-2-4-9-17/h5-7,12H,2-4,8-11,13,18H2,1H3. The molecule has 0 bridgehead atoms. The maximum atomic E-state index is 6.63. The summed E-state index contributed by atoms with van der Waals surface area (Å²) in [6, 6.07) is 8.92. The molecule has 1 aromatic rings. The largest absolute Gasteiger partial charge is 0.378 e. The number of hydrogen-bond donors (Lipinski definition) is 1. The van der Waals surface area contributed by atoms with Gasteiger partial charge in [0.1, 0.15) is 0 Å². The Kier molecular flexibility index (Phi) is 3.40. The highest BCUT2D eigenvalue weighted by Crippen LogP contribution is 2.42. The maximum Gasteiger partial charge on any atom is 0.0721 e. The van der Waals surface area contributed by atoms with Crippen LogP contribution in [-0.4, -0.2) is 12.7 Å². The van der Waals surface area contributed by atoms with E-state index >= 15 is 0 Å². The predicted octanol–water partition coefficient (Wildman–Crippen LogP) is 3.53. The minimum atomic E-state index is -0.0853. The highest BCUT2D eigenvalue weighted by atomic mass is 16.5. The first-order valence-corrected chi connectivity index (χ1v) is 7.59. The normalized spacial score (nSPS) is 24.1. The van der Waals surface area contributed by atoms with E-state index in [0.717, 1.165) is 19.3 Å². The Morgan fingerprint density at radius 1 is 1.11 bits per heavy atom. The average Bonchev–Trinajstić information content (AvgIpc) is 3.20. The van der Waals surface area contributed by atoms with Gasteiger partial charge in [0.15, 0.2) is 0 Å². The molecule has 2 aliphatic rings. The molecule has 2 fully saturated rings. The van der Waals surface area contributed by atoms with Crippen molar-refractivity contribution in [1.29, 1.82) is 0 Å². The molecular formula is C17H25NO. The number of ether oxygens (including phenoxy) is 1. The number of rotatable bonds is 4. The van der Waals surface area contributed by atoms with Crippen molar-refractivity contribution in [2.75, 3.05) is 7.11 Å². The zero-order chi connectivity index (χ0) is 13.3. The number of benzene rings is 1. The lowest BCUT2D eigenvalue weighted by molar-refractivity contribution is 0.0807. The van der Waals surface area contributed by atoms with Gasteiger partial charge in [0.05, 0.1) is 5.60 Å². The van der Waals surface area contributed by atoms with Gasteiger partial charge in [0, 0.05) is 19.1 Å². The van der Waals surface area contributed by atoms with Crippen molar-refractivity contribution in [3.8, 4) is 0 Å². The van der Waals surface area contributed by atoms with Gasteiger partial charge in [0.25, 0.3) is 0 Å². The Labute approximate surface area is 116 Å². The topological polar surface area (TPSA) is 35.2 Å². The molecule has 2 nitrogen and oxygen atoms in total. The van der Waals surface area contributed by atoms with Crippen LogP contribution in [0.1, 0.15) is 56.1 Å². The van der Waals surface area contributed by atoms with Gasteiger partial charge in [-0.25, -0.2) is 0 Å². The molecule has 0 radical (unpaired) electrons. The molecule has 0 atom stereocenters. The van der Waals surface area contributed by atoms with Gasteiger partial charge in [0.2, 0.25) is 0 Å². The van der Waals surface area contributed by atoms with E-state index < -0.39 is 0 Å². The summed E-state index contributed by atoms with van der Waals surface area (Å²) in [4.78, 5) is 0. The maximum absolute atomic E-state index is 6.63. The second-order valence-electron chi connectivity index (χ2n) is 6.48. The molecule has 0 saturated heterocycles. The number of nitrogens with two attached hydrogens (primary N) is 1. The molecule has 19 heavy (non-hydrogen) atoms. The van der Waals surface area contributed by atoms with Gasteiger partial charge in [-0.15, -0.1) is 0 Å². The van der Waals surface area contributed by atoms with Crippen LogP contribution in [0, 0.1) is 0 Å². The van der Waals surface area contributed by atoms with Crippen LogP contribution in [0.2, 0.25) is 0 Å². The van der Waals surface area contributed by atoms with Crippen molar-refractivity contribution in [3.63, 3.8) is 0 Å². The Balaban J connectivity index is 1.79. The van der Waals surface area contributed by atoms with Gasteiger partial charge in [-0.3, -0.25) is 0 Å². The average molecular weight is 259 g/mol. The lowest BCUT2D eigenvalue weighted by Gasteiger charge is -2.34. The van der Waals surface area contributed by atoms with E-state index in [-0.39, 0.29) is 11.1 Å². The van der Waals surface area contributed by atoms with E-state index in [1.165, 1.54) is 43.2 Å². The molecule has 2 saturated carbocycles. The van der Waals surface area contributed by atoms with Crippen molar-refractivity contribution in [2.24, 2.45) is 5.73 Å². The summed E-state index contributed by atoms with van der Waals surface area (Å²) in [7, 11) is 1.84. The molecule has 0 amide bonds. The Morgan fingerprint density at radius 2 is 1.84 bits per heavy atom. The van der Waals surface area contributed by atoms with Gasteiger partial charge >= 0.3 is 0 Å². The first kappa shape index (κ1) is 13.1. The van der Waals surface area contributed by atoms with Crippen molar-refractivity contribution in [1.82, 2.24) is 0 Å². The van der Waals surface area contributed by atoms with Crippen LogP contribution < -0.4 is 5.73 Å². The predicted molar refractivity (Wildman–Crippen MR) is 78.1 cm³/mol. The molecule has 2 N–H and O–H groups in total. The third kappa shape index (κ3) is 2.70. The molecular weight excluding hydrogens is 234 g/mol. The third-order valence-electron chi connectivity index (χ3n) is 5.01. The Morgan fingerprint density at radius 3 is 2.47 bits per heavy atom. The van der Waals surface area contributed by atoms with Crippen LogP contribution in [0.3, 0.4) is 0 Å². The molecule has 0 aliphatic heterocycles. The van der Waals surface area contributed by atoms with Gasteiger partial charge in [-0.1, -0.05) is 43.5 Å². The smallest absolute Gasteiger partial charge is 0.0721 e. The summed E-state index contributed by atoms with van der Waals surface area (Å²) in [5.41, 5.74) is 9.39. The summed E-state index contributed by atoms with van der Waals surface area (Å²) in [6.45, 7) is 0. The fraction of sp³-hybridized carbons (Fsp3) is 0.647. The Bertz CT molecular complexity index is 444. The van der Waals surface area contributed by atoms with Gasteiger partial charge in [-0.2, -0.15) is 0 Å². The first-order valence-electron chi connectivity index (χ1n) is 7.59. The fourth-order valence-electron chi connectivity index (χ4n) is 3.43. The molecule has 2 heteroatoms.